The van der Waals surface area contributed by atoms with E-state index in [1.165, 1.54) is 12.1 Å². The van der Waals surface area contributed by atoms with Crippen molar-refractivity contribution in [3.8, 4) is 11.6 Å². The van der Waals surface area contributed by atoms with Crippen LogP contribution in [0.5, 0.6) is 11.6 Å². The molecule has 1 saturated heterocycles. The summed E-state index contributed by atoms with van der Waals surface area (Å²) in [6.07, 6.45) is 4.70. The van der Waals surface area contributed by atoms with Crippen molar-refractivity contribution in [3.63, 3.8) is 0 Å². The maximum atomic E-state index is 13.3. The van der Waals surface area contributed by atoms with Gasteiger partial charge in [-0.1, -0.05) is 6.07 Å². The highest BCUT2D eigenvalue weighted by Crippen LogP contribution is 2.33. The van der Waals surface area contributed by atoms with Gasteiger partial charge < -0.3 is 15.4 Å². The third-order valence-corrected chi connectivity index (χ3v) is 4.11. The van der Waals surface area contributed by atoms with Crippen LogP contribution in [-0.4, -0.2) is 40.4 Å². The summed E-state index contributed by atoms with van der Waals surface area (Å²) < 4.78 is 19.0. The summed E-state index contributed by atoms with van der Waals surface area (Å²) in [6.45, 7) is 1.30. The first-order valence-electron chi connectivity index (χ1n) is 7.89. The number of carbonyl (C=O) groups is 1. The van der Waals surface area contributed by atoms with E-state index in [0.717, 1.165) is 18.5 Å². The van der Waals surface area contributed by atoms with Crippen LogP contribution in [0.2, 0.25) is 0 Å². The second kappa shape index (κ2) is 7.35. The molecule has 1 aliphatic heterocycles. The van der Waals surface area contributed by atoms with Crippen LogP contribution in [-0.2, 0) is 4.79 Å². The SMILES string of the molecule is NCC(=O)N1CCC(c2nccnc2Oc2cccc(F)c2)CC1. The van der Waals surface area contributed by atoms with E-state index in [4.69, 9.17) is 10.5 Å². The Kier molecular flexibility index (Phi) is 5.00. The van der Waals surface area contributed by atoms with Crippen molar-refractivity contribution in [2.24, 2.45) is 5.73 Å². The summed E-state index contributed by atoms with van der Waals surface area (Å²) in [4.78, 5) is 22.1. The minimum absolute atomic E-state index is 0.0315. The summed E-state index contributed by atoms with van der Waals surface area (Å²) in [7, 11) is 0. The standard InChI is InChI=1S/C17H19FN4O2/c18-13-2-1-3-14(10-13)24-17-16(20-6-7-21-17)12-4-8-22(9-5-12)15(23)11-19/h1-3,6-7,10,12H,4-5,8-9,11,19H2. The Labute approximate surface area is 139 Å². The van der Waals surface area contributed by atoms with Gasteiger partial charge in [-0.15, -0.1) is 0 Å². The quantitative estimate of drug-likeness (QED) is 0.928. The molecule has 1 amide bonds. The molecular formula is C17H19FN4O2. The Morgan fingerprint density at radius 1 is 1.29 bits per heavy atom. The molecule has 3 rings (SSSR count). The van der Waals surface area contributed by atoms with Gasteiger partial charge in [0.25, 0.3) is 0 Å². The molecule has 7 heteroatoms. The van der Waals surface area contributed by atoms with E-state index < -0.39 is 0 Å². The van der Waals surface area contributed by atoms with Gasteiger partial charge in [-0.25, -0.2) is 9.37 Å². The summed E-state index contributed by atoms with van der Waals surface area (Å²) in [5.74, 6) is 0.499. The van der Waals surface area contributed by atoms with E-state index in [1.807, 2.05) is 0 Å². The molecule has 0 aliphatic carbocycles. The van der Waals surface area contributed by atoms with Gasteiger partial charge in [-0.05, 0) is 25.0 Å². The molecule has 6 nitrogen and oxygen atoms in total. The van der Waals surface area contributed by atoms with E-state index in [-0.39, 0.29) is 24.2 Å². The number of nitrogens with zero attached hydrogens (tertiary/aromatic N) is 3. The molecule has 126 valence electrons. The molecule has 0 saturated carbocycles. The average molecular weight is 330 g/mol. The fourth-order valence-corrected chi connectivity index (χ4v) is 2.87. The number of halogens is 1. The highest BCUT2D eigenvalue weighted by Gasteiger charge is 2.26. The molecule has 0 bridgehead atoms. The second-order valence-corrected chi connectivity index (χ2v) is 5.67. The summed E-state index contributed by atoms with van der Waals surface area (Å²) in [6, 6.07) is 5.91. The van der Waals surface area contributed by atoms with Gasteiger partial charge in [0.15, 0.2) is 0 Å². The van der Waals surface area contributed by atoms with Crippen LogP contribution in [0, 0.1) is 5.82 Å². The molecule has 1 aromatic heterocycles. The first kappa shape index (κ1) is 16.3. The third kappa shape index (κ3) is 3.68. The maximum absolute atomic E-state index is 13.3. The normalized spacial score (nSPS) is 15.3. The average Bonchev–Trinajstić information content (AvgIpc) is 2.62. The van der Waals surface area contributed by atoms with Gasteiger partial charge in [0.1, 0.15) is 17.3 Å². The minimum atomic E-state index is -0.369. The maximum Gasteiger partial charge on any atom is 0.241 e. The molecule has 24 heavy (non-hydrogen) atoms. The van der Waals surface area contributed by atoms with Crippen molar-refractivity contribution in [2.45, 2.75) is 18.8 Å². The van der Waals surface area contributed by atoms with Crippen LogP contribution in [0.15, 0.2) is 36.7 Å². The largest absolute Gasteiger partial charge is 0.437 e. The highest BCUT2D eigenvalue weighted by atomic mass is 19.1. The molecule has 1 fully saturated rings. The number of carbonyl (C=O) groups excluding carboxylic acids is 1. The molecule has 0 radical (unpaired) electrons. The first-order valence-corrected chi connectivity index (χ1v) is 7.89. The van der Waals surface area contributed by atoms with Gasteiger partial charge in [0, 0.05) is 37.5 Å². The van der Waals surface area contributed by atoms with E-state index in [2.05, 4.69) is 9.97 Å². The Balaban J connectivity index is 1.74. The lowest BCUT2D eigenvalue weighted by Gasteiger charge is -2.31. The number of hydrogen-bond donors (Lipinski definition) is 1. The number of aromatic nitrogens is 2. The van der Waals surface area contributed by atoms with Crippen molar-refractivity contribution in [3.05, 3.63) is 48.2 Å². The van der Waals surface area contributed by atoms with Crippen LogP contribution in [0.3, 0.4) is 0 Å². The Morgan fingerprint density at radius 2 is 2.04 bits per heavy atom. The molecule has 2 aromatic rings. The lowest BCUT2D eigenvalue weighted by molar-refractivity contribution is -0.130. The van der Waals surface area contributed by atoms with Gasteiger partial charge in [-0.2, -0.15) is 0 Å². The molecular weight excluding hydrogens is 311 g/mol. The zero-order valence-electron chi connectivity index (χ0n) is 13.2. The minimum Gasteiger partial charge on any atom is -0.437 e. The van der Waals surface area contributed by atoms with Crippen molar-refractivity contribution >= 4 is 5.91 Å². The number of rotatable bonds is 4. The number of likely N-dealkylation sites (tertiary alicyclic amines) is 1. The first-order chi connectivity index (χ1) is 11.7. The Bertz CT molecular complexity index is 717. The molecule has 0 atom stereocenters. The van der Waals surface area contributed by atoms with Crippen LogP contribution < -0.4 is 10.5 Å². The fraction of sp³-hybridized carbons (Fsp3) is 0.353. The van der Waals surface area contributed by atoms with Crippen LogP contribution in [0.25, 0.3) is 0 Å². The van der Waals surface area contributed by atoms with E-state index in [1.54, 1.807) is 29.4 Å². The van der Waals surface area contributed by atoms with Gasteiger partial charge in [0.2, 0.25) is 11.8 Å². The van der Waals surface area contributed by atoms with Gasteiger partial charge >= 0.3 is 0 Å². The number of nitrogens with two attached hydrogens (primary N) is 1. The number of benzene rings is 1. The van der Waals surface area contributed by atoms with Crippen molar-refractivity contribution in [2.75, 3.05) is 19.6 Å². The predicted octanol–water partition coefficient (Wildman–Crippen LogP) is 2.07. The smallest absolute Gasteiger partial charge is 0.241 e. The monoisotopic (exact) mass is 330 g/mol. The predicted molar refractivity (Wildman–Crippen MR) is 86.1 cm³/mol. The summed E-state index contributed by atoms with van der Waals surface area (Å²) in [5.41, 5.74) is 6.14. The van der Waals surface area contributed by atoms with Crippen molar-refractivity contribution < 1.29 is 13.9 Å². The number of piperidine rings is 1. The van der Waals surface area contributed by atoms with Crippen LogP contribution in [0.4, 0.5) is 4.39 Å². The molecule has 0 unspecified atom stereocenters. The van der Waals surface area contributed by atoms with Gasteiger partial charge in [-0.3, -0.25) is 9.78 Å². The number of hydrogen-bond acceptors (Lipinski definition) is 5. The molecule has 2 heterocycles. The topological polar surface area (TPSA) is 81.3 Å². The highest BCUT2D eigenvalue weighted by molar-refractivity contribution is 5.78. The van der Waals surface area contributed by atoms with Crippen molar-refractivity contribution in [1.82, 2.24) is 14.9 Å². The van der Waals surface area contributed by atoms with E-state index in [0.29, 0.717) is 24.7 Å². The molecule has 1 aromatic carbocycles. The lowest BCUT2D eigenvalue weighted by Crippen LogP contribution is -2.41. The molecule has 2 N–H and O–H groups in total. The fourth-order valence-electron chi connectivity index (χ4n) is 2.87. The van der Waals surface area contributed by atoms with Gasteiger partial charge in [0.05, 0.1) is 6.54 Å². The molecule has 0 spiro atoms. The second-order valence-electron chi connectivity index (χ2n) is 5.67. The van der Waals surface area contributed by atoms with E-state index >= 15 is 0 Å². The van der Waals surface area contributed by atoms with Crippen LogP contribution in [0.1, 0.15) is 24.5 Å². The molecule has 1 aliphatic rings. The van der Waals surface area contributed by atoms with E-state index in [9.17, 15) is 9.18 Å². The third-order valence-electron chi connectivity index (χ3n) is 4.11. The van der Waals surface area contributed by atoms with Crippen molar-refractivity contribution in [1.29, 1.82) is 0 Å². The lowest BCUT2D eigenvalue weighted by atomic mass is 9.93. The summed E-state index contributed by atoms with van der Waals surface area (Å²) in [5, 5.41) is 0. The zero-order valence-corrected chi connectivity index (χ0v) is 13.2. The Hall–Kier alpha value is -2.54. The number of amides is 1. The summed E-state index contributed by atoms with van der Waals surface area (Å²) >= 11 is 0. The number of ether oxygens (including phenoxy) is 1. The Morgan fingerprint density at radius 3 is 2.75 bits per heavy atom. The van der Waals surface area contributed by atoms with Crippen LogP contribution >= 0.6 is 0 Å². The zero-order chi connectivity index (χ0) is 16.9.